The van der Waals surface area contributed by atoms with E-state index in [2.05, 4.69) is 5.10 Å². The second-order valence-electron chi connectivity index (χ2n) is 7.49. The second-order valence-corrected chi connectivity index (χ2v) is 7.49. The number of nitrogens with zero attached hydrogens (tertiary/aromatic N) is 3. The Bertz CT molecular complexity index is 676. The SMILES string of the molecule is Cc1nn(CC(F)(F)F)c(C)c1C(C)C(=O)N1CC2CCC(N)C2C1.Cl. The van der Waals surface area contributed by atoms with Crippen LogP contribution in [0.1, 0.15) is 42.6 Å². The molecule has 1 aliphatic heterocycles. The fourth-order valence-corrected chi connectivity index (χ4v) is 4.55. The Morgan fingerprint density at radius 3 is 2.54 bits per heavy atom. The van der Waals surface area contributed by atoms with E-state index in [-0.39, 0.29) is 24.4 Å². The topological polar surface area (TPSA) is 64.2 Å². The lowest BCUT2D eigenvalue weighted by Gasteiger charge is -2.23. The van der Waals surface area contributed by atoms with Gasteiger partial charge in [0.25, 0.3) is 0 Å². The van der Waals surface area contributed by atoms with Crippen molar-refractivity contribution < 1.29 is 18.0 Å². The molecule has 1 aliphatic carbocycles. The number of hydrogen-bond acceptors (Lipinski definition) is 3. The molecule has 2 aliphatic rings. The minimum absolute atomic E-state index is 0. The van der Waals surface area contributed by atoms with Crippen molar-refractivity contribution in [1.82, 2.24) is 14.7 Å². The van der Waals surface area contributed by atoms with Gasteiger partial charge >= 0.3 is 6.18 Å². The summed E-state index contributed by atoms with van der Waals surface area (Å²) in [5, 5.41) is 4.00. The fraction of sp³-hybridized carbons (Fsp3) is 0.765. The zero-order chi connectivity index (χ0) is 18.5. The standard InChI is InChI=1S/C17H25F3N4O.ClH/c1-9(15-10(2)22-24(11(15)3)8-17(18,19)20)16(25)23-6-12-4-5-14(21)13(12)7-23;/h9,12-14H,4-8,21H2,1-3H3;1H. The number of halogens is 4. The monoisotopic (exact) mass is 394 g/mol. The van der Waals surface area contributed by atoms with Gasteiger partial charge in [0, 0.05) is 30.4 Å². The summed E-state index contributed by atoms with van der Waals surface area (Å²) in [6, 6.07) is 0.149. The van der Waals surface area contributed by atoms with Gasteiger partial charge in [-0.2, -0.15) is 18.3 Å². The van der Waals surface area contributed by atoms with Crippen LogP contribution in [0.2, 0.25) is 0 Å². The number of aromatic nitrogens is 2. The maximum atomic E-state index is 12.9. The molecule has 2 fully saturated rings. The van der Waals surface area contributed by atoms with Crippen molar-refractivity contribution >= 4 is 18.3 Å². The molecule has 1 aromatic rings. The van der Waals surface area contributed by atoms with Gasteiger partial charge in [-0.25, -0.2) is 0 Å². The lowest BCUT2D eigenvalue weighted by Crippen LogP contribution is -2.36. The number of alkyl halides is 3. The minimum Gasteiger partial charge on any atom is -0.342 e. The van der Waals surface area contributed by atoms with Crippen LogP contribution in [0.3, 0.4) is 0 Å². The van der Waals surface area contributed by atoms with Gasteiger partial charge in [0.05, 0.1) is 11.6 Å². The number of fused-ring (bicyclic) bond motifs is 1. The molecule has 26 heavy (non-hydrogen) atoms. The second kappa shape index (κ2) is 7.38. The maximum Gasteiger partial charge on any atom is 0.408 e. The maximum absolute atomic E-state index is 12.9. The van der Waals surface area contributed by atoms with Crippen molar-refractivity contribution in [1.29, 1.82) is 0 Å². The molecule has 1 amide bonds. The van der Waals surface area contributed by atoms with Crippen molar-refractivity contribution in [2.24, 2.45) is 17.6 Å². The van der Waals surface area contributed by atoms with E-state index in [0.29, 0.717) is 41.9 Å². The van der Waals surface area contributed by atoms with Gasteiger partial charge in [-0.3, -0.25) is 9.48 Å². The summed E-state index contributed by atoms with van der Waals surface area (Å²) < 4.78 is 39.0. The first kappa shape index (κ1) is 21.0. The normalized spacial score (nSPS) is 26.6. The average molecular weight is 395 g/mol. The van der Waals surface area contributed by atoms with Crippen LogP contribution < -0.4 is 5.73 Å². The fourth-order valence-electron chi connectivity index (χ4n) is 4.55. The lowest BCUT2D eigenvalue weighted by atomic mass is 9.97. The molecule has 1 saturated carbocycles. The molecule has 5 nitrogen and oxygen atoms in total. The lowest BCUT2D eigenvalue weighted by molar-refractivity contribution is -0.143. The van der Waals surface area contributed by atoms with Crippen LogP contribution in [0.15, 0.2) is 0 Å². The van der Waals surface area contributed by atoms with E-state index in [1.54, 1.807) is 20.8 Å². The Kier molecular flexibility index (Phi) is 5.97. The third-order valence-corrected chi connectivity index (χ3v) is 5.79. The Morgan fingerprint density at radius 1 is 1.31 bits per heavy atom. The van der Waals surface area contributed by atoms with Crippen LogP contribution in [0.4, 0.5) is 13.2 Å². The van der Waals surface area contributed by atoms with E-state index in [4.69, 9.17) is 5.73 Å². The highest BCUT2D eigenvalue weighted by molar-refractivity contribution is 5.85. The molecule has 3 rings (SSSR count). The molecule has 0 spiro atoms. The van der Waals surface area contributed by atoms with E-state index < -0.39 is 18.6 Å². The first-order valence-corrected chi connectivity index (χ1v) is 8.73. The highest BCUT2D eigenvalue weighted by Gasteiger charge is 2.43. The zero-order valence-corrected chi connectivity index (χ0v) is 16.0. The van der Waals surface area contributed by atoms with Crippen molar-refractivity contribution in [3.05, 3.63) is 17.0 Å². The first-order valence-electron chi connectivity index (χ1n) is 8.73. The van der Waals surface area contributed by atoms with Gasteiger partial charge in [-0.05, 0) is 45.4 Å². The van der Waals surface area contributed by atoms with Crippen molar-refractivity contribution in [2.75, 3.05) is 13.1 Å². The largest absolute Gasteiger partial charge is 0.408 e. The first-order chi connectivity index (χ1) is 11.6. The van der Waals surface area contributed by atoms with Gasteiger partial charge in [0.15, 0.2) is 0 Å². The molecule has 0 aromatic carbocycles. The molecule has 2 heterocycles. The molecule has 1 saturated heterocycles. The number of amides is 1. The summed E-state index contributed by atoms with van der Waals surface area (Å²) in [5.41, 5.74) is 7.62. The van der Waals surface area contributed by atoms with Crippen LogP contribution >= 0.6 is 12.4 Å². The predicted molar refractivity (Wildman–Crippen MR) is 94.2 cm³/mol. The van der Waals surface area contributed by atoms with Crippen molar-refractivity contribution in [2.45, 2.75) is 58.3 Å². The Balaban J connectivity index is 0.00000243. The summed E-state index contributed by atoms with van der Waals surface area (Å²) in [5.74, 6) is 0.268. The van der Waals surface area contributed by atoms with Gasteiger partial charge in [0.2, 0.25) is 5.91 Å². The molecule has 2 N–H and O–H groups in total. The third-order valence-electron chi connectivity index (χ3n) is 5.79. The van der Waals surface area contributed by atoms with E-state index >= 15 is 0 Å². The molecule has 0 radical (unpaired) electrons. The Morgan fingerprint density at radius 2 is 1.96 bits per heavy atom. The van der Waals surface area contributed by atoms with E-state index in [1.807, 2.05) is 4.90 Å². The summed E-state index contributed by atoms with van der Waals surface area (Å²) >= 11 is 0. The molecule has 4 atom stereocenters. The smallest absolute Gasteiger partial charge is 0.342 e. The predicted octanol–water partition coefficient (Wildman–Crippen LogP) is 2.78. The molecule has 1 aromatic heterocycles. The Hall–Kier alpha value is -1.28. The number of rotatable bonds is 3. The van der Waals surface area contributed by atoms with Crippen LogP contribution in [-0.4, -0.2) is 45.9 Å². The van der Waals surface area contributed by atoms with Crippen molar-refractivity contribution in [3.63, 3.8) is 0 Å². The van der Waals surface area contributed by atoms with Crippen LogP contribution in [0.5, 0.6) is 0 Å². The van der Waals surface area contributed by atoms with E-state index in [1.165, 1.54) is 0 Å². The highest BCUT2D eigenvalue weighted by atomic mass is 35.5. The number of aryl methyl sites for hydroxylation is 1. The molecular weight excluding hydrogens is 369 g/mol. The van der Waals surface area contributed by atoms with Crippen molar-refractivity contribution in [3.8, 4) is 0 Å². The average Bonchev–Trinajstić information content (AvgIpc) is 3.13. The van der Waals surface area contributed by atoms with Gasteiger partial charge in [0.1, 0.15) is 6.54 Å². The van der Waals surface area contributed by atoms with E-state index in [0.717, 1.165) is 17.5 Å². The van der Waals surface area contributed by atoms with E-state index in [9.17, 15) is 18.0 Å². The molecule has 148 valence electrons. The quantitative estimate of drug-likeness (QED) is 0.857. The number of likely N-dealkylation sites (tertiary alicyclic amines) is 1. The zero-order valence-electron chi connectivity index (χ0n) is 15.2. The van der Waals surface area contributed by atoms with Gasteiger partial charge < -0.3 is 10.6 Å². The number of carbonyl (C=O) groups excluding carboxylic acids is 1. The van der Waals surface area contributed by atoms with Crippen LogP contribution in [-0.2, 0) is 11.3 Å². The van der Waals surface area contributed by atoms with Gasteiger partial charge in [-0.1, -0.05) is 0 Å². The van der Waals surface area contributed by atoms with Crippen LogP contribution in [0.25, 0.3) is 0 Å². The summed E-state index contributed by atoms with van der Waals surface area (Å²) in [6.07, 6.45) is -2.28. The number of carbonyl (C=O) groups is 1. The van der Waals surface area contributed by atoms with Gasteiger partial charge in [-0.15, -0.1) is 12.4 Å². The molecule has 0 bridgehead atoms. The number of hydrogen-bond donors (Lipinski definition) is 1. The molecule has 9 heteroatoms. The Labute approximate surface area is 157 Å². The van der Waals surface area contributed by atoms with Crippen LogP contribution in [0, 0.1) is 25.7 Å². The third kappa shape index (κ3) is 3.86. The molecular formula is C17H26ClF3N4O. The summed E-state index contributed by atoms with van der Waals surface area (Å²) in [4.78, 5) is 14.7. The molecule has 4 unspecified atom stereocenters. The summed E-state index contributed by atoms with van der Waals surface area (Å²) in [6.45, 7) is 5.24. The highest BCUT2D eigenvalue weighted by Crippen LogP contribution is 2.38. The summed E-state index contributed by atoms with van der Waals surface area (Å²) in [7, 11) is 0. The number of nitrogens with two attached hydrogens (primary N) is 1. The minimum atomic E-state index is -4.34.